The Morgan fingerprint density at radius 1 is 1.43 bits per heavy atom. The summed E-state index contributed by atoms with van der Waals surface area (Å²) >= 11 is 0. The molecule has 0 amide bonds. The number of nitrogens with zero attached hydrogens (tertiary/aromatic N) is 1. The average Bonchev–Trinajstić information content (AvgIpc) is 2.18. The molecule has 2 nitrogen and oxygen atoms in total. The first kappa shape index (κ1) is 10.9. The molecule has 0 fully saturated rings. The van der Waals surface area contributed by atoms with E-state index in [1.807, 2.05) is 19.2 Å². The highest BCUT2D eigenvalue weighted by atomic mass is 16.1. The van der Waals surface area contributed by atoms with Crippen molar-refractivity contribution in [3.63, 3.8) is 0 Å². The third-order valence-corrected chi connectivity index (χ3v) is 2.29. The van der Waals surface area contributed by atoms with Crippen LogP contribution in [-0.2, 0) is 11.2 Å². The molecule has 0 aliphatic heterocycles. The van der Waals surface area contributed by atoms with Gasteiger partial charge in [-0.25, -0.2) is 0 Å². The fourth-order valence-electron chi connectivity index (χ4n) is 1.21. The van der Waals surface area contributed by atoms with Crippen LogP contribution >= 0.6 is 0 Å². The highest BCUT2D eigenvalue weighted by Gasteiger charge is 2.03. The van der Waals surface area contributed by atoms with Gasteiger partial charge in [0.2, 0.25) is 0 Å². The van der Waals surface area contributed by atoms with E-state index in [-0.39, 0.29) is 5.78 Å². The van der Waals surface area contributed by atoms with Gasteiger partial charge in [-0.15, -0.1) is 0 Å². The van der Waals surface area contributed by atoms with Crippen LogP contribution in [0.2, 0.25) is 0 Å². The van der Waals surface area contributed by atoms with Gasteiger partial charge < -0.3 is 0 Å². The third kappa shape index (κ3) is 2.95. The summed E-state index contributed by atoms with van der Waals surface area (Å²) in [5, 5.41) is 0. The molecule has 0 saturated carbocycles. The van der Waals surface area contributed by atoms with Gasteiger partial charge in [0.05, 0.1) is 0 Å². The number of carbonyl (C=O) groups excluding carboxylic acids is 1. The van der Waals surface area contributed by atoms with E-state index in [2.05, 4.69) is 24.9 Å². The summed E-state index contributed by atoms with van der Waals surface area (Å²) in [6.07, 6.45) is 2.92. The van der Waals surface area contributed by atoms with Crippen molar-refractivity contribution in [3.05, 3.63) is 29.6 Å². The molecule has 0 N–H and O–H groups in total. The molecule has 0 aromatic carbocycles. The quantitative estimate of drug-likeness (QED) is 0.732. The van der Waals surface area contributed by atoms with Crippen LogP contribution in [0.4, 0.5) is 0 Å². The van der Waals surface area contributed by atoms with Crippen LogP contribution in [0.25, 0.3) is 0 Å². The van der Waals surface area contributed by atoms with Crippen molar-refractivity contribution in [1.82, 2.24) is 4.98 Å². The molecule has 0 bridgehead atoms. The average molecular weight is 191 g/mol. The van der Waals surface area contributed by atoms with E-state index in [0.717, 1.165) is 5.69 Å². The maximum absolute atomic E-state index is 11.2. The van der Waals surface area contributed by atoms with Gasteiger partial charge in [-0.05, 0) is 17.5 Å². The molecular weight excluding hydrogens is 174 g/mol. The van der Waals surface area contributed by atoms with Gasteiger partial charge in [-0.2, -0.15) is 0 Å². The Morgan fingerprint density at radius 3 is 2.57 bits per heavy atom. The topological polar surface area (TPSA) is 30.0 Å². The number of aromatic nitrogens is 1. The van der Waals surface area contributed by atoms with E-state index >= 15 is 0 Å². The molecule has 1 heterocycles. The van der Waals surface area contributed by atoms with Gasteiger partial charge in [0, 0.05) is 24.7 Å². The number of ketones is 1. The highest BCUT2D eigenvalue weighted by Crippen LogP contribution is 2.12. The number of hydrogen-bond acceptors (Lipinski definition) is 2. The fourth-order valence-corrected chi connectivity index (χ4v) is 1.21. The number of Topliss-reactive ketones (excluding diaryl/α,β-unsaturated/α-hetero) is 1. The van der Waals surface area contributed by atoms with Crippen LogP contribution in [0.5, 0.6) is 0 Å². The van der Waals surface area contributed by atoms with E-state index in [4.69, 9.17) is 0 Å². The van der Waals surface area contributed by atoms with E-state index in [0.29, 0.717) is 18.8 Å². The molecule has 76 valence electrons. The molecule has 14 heavy (non-hydrogen) atoms. The minimum absolute atomic E-state index is 0.245. The normalized spacial score (nSPS) is 10.6. The summed E-state index contributed by atoms with van der Waals surface area (Å²) < 4.78 is 0. The van der Waals surface area contributed by atoms with Gasteiger partial charge in [0.25, 0.3) is 0 Å². The Hall–Kier alpha value is -1.18. The van der Waals surface area contributed by atoms with Crippen LogP contribution in [0.3, 0.4) is 0 Å². The first-order chi connectivity index (χ1) is 6.63. The first-order valence-corrected chi connectivity index (χ1v) is 5.10. The molecule has 0 saturated heterocycles. The Bertz CT molecular complexity index is 301. The third-order valence-electron chi connectivity index (χ3n) is 2.29. The molecule has 1 aromatic rings. The van der Waals surface area contributed by atoms with Crippen LogP contribution < -0.4 is 0 Å². The van der Waals surface area contributed by atoms with Crippen molar-refractivity contribution < 1.29 is 4.79 Å². The zero-order valence-corrected chi connectivity index (χ0v) is 9.08. The Balaban J connectivity index is 2.69. The fraction of sp³-hybridized carbons (Fsp3) is 0.500. The van der Waals surface area contributed by atoms with Crippen molar-refractivity contribution in [2.75, 3.05) is 0 Å². The zero-order valence-electron chi connectivity index (χ0n) is 9.08. The summed E-state index contributed by atoms with van der Waals surface area (Å²) in [5.41, 5.74) is 2.10. The lowest BCUT2D eigenvalue weighted by Crippen LogP contribution is -2.02. The van der Waals surface area contributed by atoms with Gasteiger partial charge >= 0.3 is 0 Å². The molecule has 0 spiro atoms. The molecule has 0 aliphatic carbocycles. The summed E-state index contributed by atoms with van der Waals surface area (Å²) in [6, 6.07) is 4.00. The monoisotopic (exact) mass is 191 g/mol. The van der Waals surface area contributed by atoms with Crippen molar-refractivity contribution in [3.8, 4) is 0 Å². The van der Waals surface area contributed by atoms with E-state index in [1.165, 1.54) is 5.56 Å². The molecule has 0 radical (unpaired) electrons. The summed E-state index contributed by atoms with van der Waals surface area (Å²) in [7, 11) is 0. The Kier molecular flexibility index (Phi) is 3.81. The first-order valence-electron chi connectivity index (χ1n) is 5.10. The largest absolute Gasteiger partial charge is 0.299 e. The lowest BCUT2D eigenvalue weighted by molar-refractivity contribution is -0.118. The van der Waals surface area contributed by atoms with Crippen molar-refractivity contribution in [1.29, 1.82) is 0 Å². The van der Waals surface area contributed by atoms with Gasteiger partial charge in [-0.3, -0.25) is 9.78 Å². The predicted octanol–water partition coefficient (Wildman–Crippen LogP) is 2.73. The van der Waals surface area contributed by atoms with Crippen LogP contribution in [0.15, 0.2) is 18.3 Å². The maximum Gasteiger partial charge on any atom is 0.138 e. The highest BCUT2D eigenvalue weighted by molar-refractivity contribution is 5.80. The minimum atomic E-state index is 0.245. The minimum Gasteiger partial charge on any atom is -0.299 e. The molecule has 2 heteroatoms. The smallest absolute Gasteiger partial charge is 0.138 e. The van der Waals surface area contributed by atoms with Gasteiger partial charge in [0.15, 0.2) is 0 Å². The summed E-state index contributed by atoms with van der Waals surface area (Å²) in [6.45, 7) is 6.15. The van der Waals surface area contributed by atoms with Crippen molar-refractivity contribution in [2.24, 2.45) is 0 Å². The second-order valence-electron chi connectivity index (χ2n) is 3.81. The standard InChI is InChI=1S/C12H17NO/c1-4-12(14)7-11-6-5-10(8-13-11)9(2)3/h5-6,8-9H,4,7H2,1-3H3. The molecule has 0 aliphatic rings. The van der Waals surface area contributed by atoms with E-state index < -0.39 is 0 Å². The summed E-state index contributed by atoms with van der Waals surface area (Å²) in [5.74, 6) is 0.744. The SMILES string of the molecule is CCC(=O)Cc1ccc(C(C)C)cn1. The zero-order chi connectivity index (χ0) is 10.6. The van der Waals surface area contributed by atoms with Gasteiger partial charge in [-0.1, -0.05) is 26.8 Å². The molecular formula is C12H17NO. The number of hydrogen-bond donors (Lipinski definition) is 0. The molecule has 0 unspecified atom stereocenters. The summed E-state index contributed by atoms with van der Waals surface area (Å²) in [4.78, 5) is 15.4. The van der Waals surface area contributed by atoms with Crippen LogP contribution in [0.1, 0.15) is 44.4 Å². The predicted molar refractivity (Wildman–Crippen MR) is 57.3 cm³/mol. The Labute approximate surface area is 85.4 Å². The van der Waals surface area contributed by atoms with Crippen LogP contribution in [0, 0.1) is 0 Å². The van der Waals surface area contributed by atoms with E-state index in [9.17, 15) is 4.79 Å². The van der Waals surface area contributed by atoms with Crippen molar-refractivity contribution in [2.45, 2.75) is 39.5 Å². The number of carbonyl (C=O) groups is 1. The molecule has 0 atom stereocenters. The number of rotatable bonds is 4. The molecule has 1 rings (SSSR count). The van der Waals surface area contributed by atoms with E-state index in [1.54, 1.807) is 0 Å². The second-order valence-corrected chi connectivity index (χ2v) is 3.81. The maximum atomic E-state index is 11.2. The number of pyridine rings is 1. The molecule has 1 aromatic heterocycles. The van der Waals surface area contributed by atoms with Gasteiger partial charge in [0.1, 0.15) is 5.78 Å². The van der Waals surface area contributed by atoms with Crippen molar-refractivity contribution >= 4 is 5.78 Å². The second kappa shape index (κ2) is 4.89. The lowest BCUT2D eigenvalue weighted by Gasteiger charge is -2.05. The van der Waals surface area contributed by atoms with Crippen LogP contribution in [-0.4, -0.2) is 10.8 Å². The Morgan fingerprint density at radius 2 is 2.14 bits per heavy atom. The lowest BCUT2D eigenvalue weighted by atomic mass is 10.0.